The van der Waals surface area contributed by atoms with Gasteiger partial charge in [-0.1, -0.05) is 20.3 Å². The molecule has 2 atom stereocenters. The van der Waals surface area contributed by atoms with Gasteiger partial charge in [-0.3, -0.25) is 14.5 Å². The molecule has 1 fully saturated rings. The van der Waals surface area contributed by atoms with Crippen LogP contribution < -0.4 is 5.32 Å². The smallest absolute Gasteiger partial charge is 0.246 e. The zero-order valence-electron chi connectivity index (χ0n) is 9.75. The Morgan fingerprint density at radius 2 is 2.13 bits per heavy atom. The molecule has 2 unspecified atom stereocenters. The lowest BCUT2D eigenvalue weighted by Gasteiger charge is -2.19. The highest BCUT2D eigenvalue weighted by molar-refractivity contribution is 6.05. The zero-order chi connectivity index (χ0) is 11.4. The maximum absolute atomic E-state index is 11.6. The first-order valence-electron chi connectivity index (χ1n) is 5.66. The van der Waals surface area contributed by atoms with Gasteiger partial charge in [0.25, 0.3) is 0 Å². The summed E-state index contributed by atoms with van der Waals surface area (Å²) in [6.45, 7) is 4.22. The number of amides is 2. The van der Waals surface area contributed by atoms with Gasteiger partial charge in [0.1, 0.15) is 0 Å². The molecule has 0 spiro atoms. The van der Waals surface area contributed by atoms with E-state index >= 15 is 0 Å². The number of rotatable bonds is 5. The maximum Gasteiger partial charge on any atom is 0.246 e. The number of carbonyl (C=O) groups excluding carboxylic acids is 2. The van der Waals surface area contributed by atoms with Gasteiger partial charge in [-0.2, -0.15) is 0 Å². The largest absolute Gasteiger partial charge is 0.303 e. The number of hydrogen-bond donors (Lipinski definition) is 1. The van der Waals surface area contributed by atoms with Crippen LogP contribution in [0.3, 0.4) is 0 Å². The third-order valence-electron chi connectivity index (χ3n) is 2.95. The molecule has 2 amide bonds. The Bertz CT molecular complexity index is 253. The molecule has 15 heavy (non-hydrogen) atoms. The normalized spacial score (nSPS) is 23.7. The number of likely N-dealkylation sites (N-methyl/N-ethyl adjacent to an activating group) is 1. The third-order valence-corrected chi connectivity index (χ3v) is 2.95. The van der Waals surface area contributed by atoms with E-state index in [-0.39, 0.29) is 17.9 Å². The molecule has 0 aromatic rings. The predicted molar refractivity (Wildman–Crippen MR) is 58.3 cm³/mol. The maximum atomic E-state index is 11.6. The van der Waals surface area contributed by atoms with Gasteiger partial charge in [0.05, 0.1) is 12.5 Å². The minimum Gasteiger partial charge on any atom is -0.303 e. The van der Waals surface area contributed by atoms with Crippen LogP contribution in [0.1, 0.15) is 39.5 Å². The molecule has 0 aromatic heterocycles. The topological polar surface area (TPSA) is 49.4 Å². The molecule has 1 rings (SSSR count). The molecule has 0 aliphatic carbocycles. The SMILES string of the molecule is CCCC(CC)NC1CC(=O)N(C)C1=O. The highest BCUT2D eigenvalue weighted by atomic mass is 16.2. The van der Waals surface area contributed by atoms with E-state index < -0.39 is 0 Å². The summed E-state index contributed by atoms with van der Waals surface area (Å²) < 4.78 is 0. The molecule has 4 nitrogen and oxygen atoms in total. The predicted octanol–water partition coefficient (Wildman–Crippen LogP) is 0.912. The van der Waals surface area contributed by atoms with Crippen LogP contribution in [0.15, 0.2) is 0 Å². The van der Waals surface area contributed by atoms with Crippen LogP contribution in [-0.4, -0.2) is 35.8 Å². The Balaban J connectivity index is 2.51. The van der Waals surface area contributed by atoms with Gasteiger partial charge in [-0.25, -0.2) is 0 Å². The number of carbonyl (C=O) groups is 2. The number of hydrogen-bond acceptors (Lipinski definition) is 3. The van der Waals surface area contributed by atoms with E-state index in [1.165, 1.54) is 4.90 Å². The van der Waals surface area contributed by atoms with Crippen molar-refractivity contribution in [3.8, 4) is 0 Å². The van der Waals surface area contributed by atoms with Gasteiger partial charge in [-0.05, 0) is 12.8 Å². The molecule has 1 saturated heterocycles. The van der Waals surface area contributed by atoms with Crippen LogP contribution in [0.2, 0.25) is 0 Å². The van der Waals surface area contributed by atoms with Crippen molar-refractivity contribution in [2.45, 2.75) is 51.6 Å². The first-order valence-corrected chi connectivity index (χ1v) is 5.66. The van der Waals surface area contributed by atoms with Crippen molar-refractivity contribution in [2.24, 2.45) is 0 Å². The van der Waals surface area contributed by atoms with Crippen LogP contribution in [0.25, 0.3) is 0 Å². The highest BCUT2D eigenvalue weighted by Crippen LogP contribution is 2.13. The molecule has 0 bridgehead atoms. The lowest BCUT2D eigenvalue weighted by molar-refractivity contribution is -0.137. The van der Waals surface area contributed by atoms with Crippen LogP contribution in [0.5, 0.6) is 0 Å². The summed E-state index contributed by atoms with van der Waals surface area (Å²) in [5, 5.41) is 3.27. The van der Waals surface area contributed by atoms with Gasteiger partial charge < -0.3 is 5.32 Å². The Morgan fingerprint density at radius 3 is 2.53 bits per heavy atom. The summed E-state index contributed by atoms with van der Waals surface area (Å²) >= 11 is 0. The van der Waals surface area contributed by atoms with Gasteiger partial charge in [0, 0.05) is 13.1 Å². The second-order valence-electron chi connectivity index (χ2n) is 4.11. The monoisotopic (exact) mass is 212 g/mol. The Hall–Kier alpha value is -0.900. The molecule has 4 heteroatoms. The second kappa shape index (κ2) is 5.26. The van der Waals surface area contributed by atoms with Crippen molar-refractivity contribution in [2.75, 3.05) is 7.05 Å². The molecular formula is C11H20N2O2. The average molecular weight is 212 g/mol. The number of imide groups is 1. The number of nitrogens with zero attached hydrogens (tertiary/aromatic N) is 1. The van der Waals surface area contributed by atoms with Gasteiger partial charge in [0.15, 0.2) is 0 Å². The second-order valence-corrected chi connectivity index (χ2v) is 4.11. The first kappa shape index (κ1) is 12.2. The molecule has 1 aliphatic rings. The quantitative estimate of drug-likeness (QED) is 0.689. The van der Waals surface area contributed by atoms with Crippen molar-refractivity contribution in [3.63, 3.8) is 0 Å². The standard InChI is InChI=1S/C11H20N2O2/c1-4-6-8(5-2)12-9-7-10(14)13(3)11(9)15/h8-9,12H,4-7H2,1-3H3. The average Bonchev–Trinajstić information content (AvgIpc) is 2.46. The van der Waals surface area contributed by atoms with E-state index in [0.29, 0.717) is 12.5 Å². The lowest BCUT2D eigenvalue weighted by atomic mass is 10.1. The highest BCUT2D eigenvalue weighted by Gasteiger charge is 2.36. The molecule has 1 aliphatic heterocycles. The van der Waals surface area contributed by atoms with E-state index in [2.05, 4.69) is 19.2 Å². The summed E-state index contributed by atoms with van der Waals surface area (Å²) in [6.07, 6.45) is 3.46. The molecule has 0 radical (unpaired) electrons. The van der Waals surface area contributed by atoms with Crippen LogP contribution in [0.4, 0.5) is 0 Å². The summed E-state index contributed by atoms with van der Waals surface area (Å²) in [6, 6.07) is 0.0576. The number of nitrogens with one attached hydrogen (secondary N) is 1. The summed E-state index contributed by atoms with van der Waals surface area (Å²) in [5.74, 6) is -0.168. The van der Waals surface area contributed by atoms with Crippen molar-refractivity contribution >= 4 is 11.8 Å². The molecule has 0 aromatic carbocycles. The summed E-state index contributed by atoms with van der Waals surface area (Å²) in [7, 11) is 1.55. The van der Waals surface area contributed by atoms with Crippen molar-refractivity contribution in [1.82, 2.24) is 10.2 Å². The Labute approximate surface area is 91.0 Å². The fourth-order valence-corrected chi connectivity index (χ4v) is 1.92. The van der Waals surface area contributed by atoms with Crippen LogP contribution in [-0.2, 0) is 9.59 Å². The van der Waals surface area contributed by atoms with Crippen molar-refractivity contribution in [1.29, 1.82) is 0 Å². The Kier molecular flexibility index (Phi) is 4.27. The molecule has 0 saturated carbocycles. The fraction of sp³-hybridized carbons (Fsp3) is 0.818. The zero-order valence-corrected chi connectivity index (χ0v) is 9.75. The molecule has 1 heterocycles. The molecule has 86 valence electrons. The van der Waals surface area contributed by atoms with Crippen molar-refractivity contribution in [3.05, 3.63) is 0 Å². The van der Waals surface area contributed by atoms with E-state index in [1.807, 2.05) is 0 Å². The fourth-order valence-electron chi connectivity index (χ4n) is 1.92. The van der Waals surface area contributed by atoms with E-state index in [1.54, 1.807) is 7.05 Å². The van der Waals surface area contributed by atoms with E-state index in [4.69, 9.17) is 0 Å². The van der Waals surface area contributed by atoms with E-state index in [0.717, 1.165) is 19.3 Å². The minimum absolute atomic E-state index is 0.0798. The van der Waals surface area contributed by atoms with Gasteiger partial charge in [-0.15, -0.1) is 0 Å². The number of likely N-dealkylation sites (tertiary alicyclic amines) is 1. The molecular weight excluding hydrogens is 192 g/mol. The first-order chi connectivity index (χ1) is 7.10. The third kappa shape index (κ3) is 2.78. The van der Waals surface area contributed by atoms with E-state index in [9.17, 15) is 9.59 Å². The van der Waals surface area contributed by atoms with Gasteiger partial charge >= 0.3 is 0 Å². The van der Waals surface area contributed by atoms with Crippen LogP contribution >= 0.6 is 0 Å². The van der Waals surface area contributed by atoms with Gasteiger partial charge in [0.2, 0.25) is 11.8 Å². The van der Waals surface area contributed by atoms with Crippen molar-refractivity contribution < 1.29 is 9.59 Å². The summed E-state index contributed by atoms with van der Waals surface area (Å²) in [5.41, 5.74) is 0. The minimum atomic E-state index is -0.293. The van der Waals surface area contributed by atoms with Crippen LogP contribution in [0, 0.1) is 0 Å². The molecule has 1 N–H and O–H groups in total. The summed E-state index contributed by atoms with van der Waals surface area (Å²) in [4.78, 5) is 24.1. The lowest BCUT2D eigenvalue weighted by Crippen LogP contribution is -2.42. The Morgan fingerprint density at radius 1 is 1.47 bits per heavy atom.